The van der Waals surface area contributed by atoms with Crippen LogP contribution in [0.2, 0.25) is 0 Å². The number of ether oxygens (including phenoxy) is 1. The highest BCUT2D eigenvalue weighted by Gasteiger charge is 2.44. The smallest absolute Gasteiger partial charge is 0.368 e. The van der Waals surface area contributed by atoms with Crippen LogP contribution in [0.3, 0.4) is 0 Å². The van der Waals surface area contributed by atoms with Crippen LogP contribution in [0.4, 0.5) is 5.82 Å². The summed E-state index contributed by atoms with van der Waals surface area (Å²) in [6.07, 6.45) is -0.651. The van der Waals surface area contributed by atoms with E-state index in [0.29, 0.717) is 0 Å². The van der Waals surface area contributed by atoms with Crippen LogP contribution in [0.5, 0.6) is 0 Å². The van der Waals surface area contributed by atoms with Crippen molar-refractivity contribution in [2.75, 3.05) is 11.9 Å². The van der Waals surface area contributed by atoms with Gasteiger partial charge in [0.2, 0.25) is 5.91 Å². The minimum Gasteiger partial charge on any atom is -0.394 e. The maximum absolute atomic E-state index is 12.3. The Morgan fingerprint density at radius 3 is 2.46 bits per heavy atom. The van der Waals surface area contributed by atoms with Crippen LogP contribution >= 0.6 is 0 Å². The quantitative estimate of drug-likeness (QED) is 0.474. The number of nitrogens with zero attached hydrogens (tertiary/aromatic N) is 3. The molecule has 10 heteroatoms. The summed E-state index contributed by atoms with van der Waals surface area (Å²) in [6.45, 7) is 3.48. The summed E-state index contributed by atoms with van der Waals surface area (Å²) < 4.78 is 6.02. The van der Waals surface area contributed by atoms with Crippen LogP contribution in [0.15, 0.2) is 11.0 Å². The zero-order chi connectivity index (χ0) is 19.3. The van der Waals surface area contributed by atoms with Crippen molar-refractivity contribution in [2.24, 2.45) is 5.92 Å². The molecule has 1 aliphatic heterocycles. The number of carbonyl (C=O) groups is 1. The van der Waals surface area contributed by atoms with Crippen molar-refractivity contribution in [3.8, 4) is 0 Å². The average Bonchev–Trinajstić information content (AvgIpc) is 2.90. The number of anilines is 1. The highest BCUT2D eigenvalue weighted by atomic mass is 16.6. The fourth-order valence-electron chi connectivity index (χ4n) is 3.00. The normalized spacial score (nSPS) is 25.6. The molecule has 0 aliphatic carbocycles. The Balaban J connectivity index is 2.12. The van der Waals surface area contributed by atoms with Gasteiger partial charge in [0.1, 0.15) is 18.3 Å². The number of aromatic nitrogens is 3. The molecule has 10 nitrogen and oxygen atoms in total. The fourth-order valence-corrected chi connectivity index (χ4v) is 3.00. The van der Waals surface area contributed by atoms with Crippen molar-refractivity contribution in [2.45, 2.75) is 64.1 Å². The maximum Gasteiger partial charge on any atom is 0.368 e. The number of amides is 1. The number of hydrogen-bond donors (Lipinski definition) is 4. The molecule has 0 bridgehead atoms. The summed E-state index contributed by atoms with van der Waals surface area (Å²) in [6, 6.07) is 0. The second-order valence-corrected chi connectivity index (χ2v) is 6.36. The van der Waals surface area contributed by atoms with E-state index in [9.17, 15) is 19.8 Å². The zero-order valence-electron chi connectivity index (χ0n) is 14.9. The van der Waals surface area contributed by atoms with Crippen molar-refractivity contribution in [1.29, 1.82) is 0 Å². The SMILES string of the molecule is CCCC(CCC)C(=O)Nc1cnn([C@@H]2O[C@H](CO)C(O)[C@@H]2O)c(=O)n1. The number of aliphatic hydroxyl groups excluding tert-OH is 3. The Morgan fingerprint density at radius 2 is 1.96 bits per heavy atom. The summed E-state index contributed by atoms with van der Waals surface area (Å²) in [5.41, 5.74) is -0.847. The van der Waals surface area contributed by atoms with Crippen LogP contribution in [0.25, 0.3) is 0 Å². The van der Waals surface area contributed by atoms with E-state index >= 15 is 0 Å². The number of rotatable bonds is 8. The second kappa shape index (κ2) is 9.17. The molecule has 1 aliphatic rings. The first-order chi connectivity index (χ1) is 12.4. The predicted octanol–water partition coefficient (Wildman–Crippen LogP) is -0.595. The number of hydrogen-bond acceptors (Lipinski definition) is 8. The van der Waals surface area contributed by atoms with Gasteiger partial charge in [-0.05, 0) is 12.8 Å². The second-order valence-electron chi connectivity index (χ2n) is 6.36. The molecule has 1 aromatic rings. The van der Waals surface area contributed by atoms with E-state index in [2.05, 4.69) is 15.4 Å². The lowest BCUT2D eigenvalue weighted by molar-refractivity contribution is -0.120. The van der Waals surface area contributed by atoms with Crippen LogP contribution < -0.4 is 11.0 Å². The lowest BCUT2D eigenvalue weighted by Crippen LogP contribution is -2.37. The van der Waals surface area contributed by atoms with E-state index in [1.54, 1.807) is 0 Å². The molecule has 4 N–H and O–H groups in total. The first-order valence-electron chi connectivity index (χ1n) is 8.82. The van der Waals surface area contributed by atoms with Crippen molar-refractivity contribution in [1.82, 2.24) is 14.8 Å². The van der Waals surface area contributed by atoms with E-state index in [1.807, 2.05) is 13.8 Å². The fraction of sp³-hybridized carbons (Fsp3) is 0.750. The zero-order valence-corrected chi connectivity index (χ0v) is 14.9. The third-order valence-corrected chi connectivity index (χ3v) is 4.37. The van der Waals surface area contributed by atoms with Crippen LogP contribution in [0.1, 0.15) is 45.8 Å². The van der Waals surface area contributed by atoms with E-state index < -0.39 is 36.8 Å². The lowest BCUT2D eigenvalue weighted by Gasteiger charge is -2.17. The highest BCUT2D eigenvalue weighted by molar-refractivity contribution is 5.91. The molecule has 1 fully saturated rings. The standard InChI is InChI=1S/C16H26N4O6/c1-3-5-9(6-4-2)14(24)18-11-7-17-20(16(25)19-11)15-13(23)12(22)10(8-21)26-15/h7,9-10,12-13,15,21-23H,3-6,8H2,1-2H3,(H,18,19,24,25)/t10-,12?,13+,15-/m1/s1. The number of carbonyl (C=O) groups excluding carboxylic acids is 1. The van der Waals surface area contributed by atoms with Gasteiger partial charge in [0, 0.05) is 5.92 Å². The molecule has 4 atom stereocenters. The van der Waals surface area contributed by atoms with Gasteiger partial charge in [-0.15, -0.1) is 0 Å². The molecule has 1 amide bonds. The molecule has 2 rings (SSSR count). The monoisotopic (exact) mass is 370 g/mol. The number of aliphatic hydroxyl groups is 3. The van der Waals surface area contributed by atoms with Crippen molar-refractivity contribution in [3.05, 3.63) is 16.7 Å². The van der Waals surface area contributed by atoms with Crippen LogP contribution in [0, 0.1) is 5.92 Å². The molecular formula is C16H26N4O6. The largest absolute Gasteiger partial charge is 0.394 e. The molecule has 2 heterocycles. The lowest BCUT2D eigenvalue weighted by atomic mass is 9.97. The summed E-state index contributed by atoms with van der Waals surface area (Å²) in [5.74, 6) is -0.358. The van der Waals surface area contributed by atoms with Crippen LogP contribution in [-0.2, 0) is 9.53 Å². The topological polar surface area (TPSA) is 147 Å². The van der Waals surface area contributed by atoms with Gasteiger partial charge >= 0.3 is 5.69 Å². The Bertz CT molecular complexity index is 660. The Morgan fingerprint density at radius 1 is 1.31 bits per heavy atom. The van der Waals surface area contributed by atoms with E-state index in [-0.39, 0.29) is 17.6 Å². The van der Waals surface area contributed by atoms with Gasteiger partial charge in [-0.1, -0.05) is 26.7 Å². The summed E-state index contributed by atoms with van der Waals surface area (Å²) >= 11 is 0. The van der Waals surface area contributed by atoms with E-state index in [1.165, 1.54) is 6.20 Å². The highest BCUT2D eigenvalue weighted by Crippen LogP contribution is 2.27. The van der Waals surface area contributed by atoms with E-state index in [0.717, 1.165) is 30.4 Å². The molecular weight excluding hydrogens is 344 g/mol. The third kappa shape index (κ3) is 4.44. The van der Waals surface area contributed by atoms with Crippen molar-refractivity contribution < 1.29 is 24.9 Å². The molecule has 146 valence electrons. The first-order valence-corrected chi connectivity index (χ1v) is 8.82. The van der Waals surface area contributed by atoms with Gasteiger partial charge in [-0.3, -0.25) is 4.79 Å². The first kappa shape index (κ1) is 20.4. The van der Waals surface area contributed by atoms with Gasteiger partial charge in [0.25, 0.3) is 0 Å². The van der Waals surface area contributed by atoms with Gasteiger partial charge in [-0.25, -0.2) is 4.79 Å². The molecule has 26 heavy (non-hydrogen) atoms. The Kier molecular flexibility index (Phi) is 7.21. The Labute approximate surface area is 150 Å². The number of nitrogens with one attached hydrogen (secondary N) is 1. The molecule has 1 saturated heterocycles. The minimum absolute atomic E-state index is 0.0141. The minimum atomic E-state index is -1.43. The molecule has 0 radical (unpaired) electrons. The molecule has 1 unspecified atom stereocenters. The average molecular weight is 370 g/mol. The van der Waals surface area contributed by atoms with Gasteiger partial charge in [0.15, 0.2) is 12.0 Å². The molecule has 0 aromatic carbocycles. The van der Waals surface area contributed by atoms with Crippen LogP contribution in [-0.4, -0.2) is 60.9 Å². The molecule has 0 saturated carbocycles. The maximum atomic E-state index is 12.3. The summed E-state index contributed by atoms with van der Waals surface area (Å²) in [7, 11) is 0. The molecule has 1 aromatic heterocycles. The third-order valence-electron chi connectivity index (χ3n) is 4.37. The van der Waals surface area contributed by atoms with Gasteiger partial charge < -0.3 is 25.4 Å². The van der Waals surface area contributed by atoms with Crippen molar-refractivity contribution in [3.63, 3.8) is 0 Å². The van der Waals surface area contributed by atoms with Gasteiger partial charge in [-0.2, -0.15) is 14.8 Å². The van der Waals surface area contributed by atoms with Gasteiger partial charge in [0.05, 0.1) is 12.8 Å². The van der Waals surface area contributed by atoms with E-state index in [4.69, 9.17) is 9.84 Å². The van der Waals surface area contributed by atoms with Crippen molar-refractivity contribution >= 4 is 11.7 Å². The summed E-state index contributed by atoms with van der Waals surface area (Å²) in [4.78, 5) is 28.2. The summed E-state index contributed by atoms with van der Waals surface area (Å²) in [5, 5.41) is 35.3. The predicted molar refractivity (Wildman–Crippen MR) is 91.2 cm³/mol. The molecule has 0 spiro atoms. The Hall–Kier alpha value is -1.88.